The van der Waals surface area contributed by atoms with E-state index in [-0.39, 0.29) is 18.0 Å². The molecule has 0 spiro atoms. The minimum Gasteiger partial charge on any atom is -0.497 e. The Hall–Kier alpha value is -3.61. The van der Waals surface area contributed by atoms with Crippen molar-refractivity contribution >= 4 is 23.2 Å². The molecule has 144 valence electrons. The van der Waals surface area contributed by atoms with Crippen LogP contribution in [0.25, 0.3) is 0 Å². The zero-order chi connectivity index (χ0) is 20.1. The smallest absolute Gasteiger partial charge is 0.255 e. The number of hydrogen-bond acceptors (Lipinski definition) is 5. The molecule has 0 saturated carbocycles. The van der Waals surface area contributed by atoms with Crippen LogP contribution in [-0.2, 0) is 11.3 Å². The summed E-state index contributed by atoms with van der Waals surface area (Å²) in [5.74, 6) is 0.610. The van der Waals surface area contributed by atoms with Crippen molar-refractivity contribution in [1.29, 1.82) is 0 Å². The summed E-state index contributed by atoms with van der Waals surface area (Å²) in [6.45, 7) is 3.55. The average molecular weight is 378 g/mol. The van der Waals surface area contributed by atoms with E-state index in [4.69, 9.17) is 4.74 Å². The number of nitrogens with zero attached hydrogens (tertiary/aromatic N) is 2. The molecule has 0 bridgehead atoms. The number of benzene rings is 2. The summed E-state index contributed by atoms with van der Waals surface area (Å²) in [5, 5.41) is 5.91. The molecule has 0 atom stereocenters. The Morgan fingerprint density at radius 1 is 1.07 bits per heavy atom. The quantitative estimate of drug-likeness (QED) is 0.688. The first kappa shape index (κ1) is 19.2. The van der Waals surface area contributed by atoms with Crippen LogP contribution < -0.4 is 20.9 Å². The molecule has 7 heteroatoms. The van der Waals surface area contributed by atoms with Crippen molar-refractivity contribution in [2.45, 2.75) is 20.4 Å². The fraction of sp³-hybridized carbons (Fsp3) is 0.190. The van der Waals surface area contributed by atoms with Crippen LogP contribution in [0.5, 0.6) is 5.75 Å². The number of rotatable bonds is 6. The molecule has 1 aromatic heterocycles. The molecule has 0 unspecified atom stereocenters. The number of anilines is 3. The zero-order valence-corrected chi connectivity index (χ0v) is 16.0. The number of amides is 1. The number of nitrogens with one attached hydrogen (secondary N) is 2. The molecule has 0 fully saturated rings. The van der Waals surface area contributed by atoms with Gasteiger partial charge >= 0.3 is 0 Å². The van der Waals surface area contributed by atoms with Crippen molar-refractivity contribution in [3.63, 3.8) is 0 Å². The van der Waals surface area contributed by atoms with Crippen molar-refractivity contribution in [3.8, 4) is 5.75 Å². The van der Waals surface area contributed by atoms with E-state index in [1.807, 2.05) is 31.2 Å². The number of aryl methyl sites for hydroxylation is 2. The second kappa shape index (κ2) is 8.39. The lowest BCUT2D eigenvalue weighted by Gasteiger charge is -2.14. The second-order valence-corrected chi connectivity index (χ2v) is 6.42. The van der Waals surface area contributed by atoms with Crippen molar-refractivity contribution in [1.82, 2.24) is 9.55 Å². The zero-order valence-electron chi connectivity index (χ0n) is 16.0. The van der Waals surface area contributed by atoms with Gasteiger partial charge < -0.3 is 15.4 Å². The lowest BCUT2D eigenvalue weighted by molar-refractivity contribution is -0.116. The van der Waals surface area contributed by atoms with Gasteiger partial charge in [0, 0.05) is 29.2 Å². The maximum atomic E-state index is 12.5. The summed E-state index contributed by atoms with van der Waals surface area (Å²) in [4.78, 5) is 29.4. The minimum absolute atomic E-state index is 0.169. The van der Waals surface area contributed by atoms with E-state index < -0.39 is 0 Å². The highest BCUT2D eigenvalue weighted by Crippen LogP contribution is 2.18. The predicted octanol–water partition coefficient (Wildman–Crippen LogP) is 3.25. The van der Waals surface area contributed by atoms with Crippen LogP contribution in [0.2, 0.25) is 0 Å². The van der Waals surface area contributed by atoms with E-state index in [1.54, 1.807) is 38.3 Å². The Morgan fingerprint density at radius 3 is 2.57 bits per heavy atom. The maximum absolute atomic E-state index is 12.5. The van der Waals surface area contributed by atoms with Gasteiger partial charge in [-0.3, -0.25) is 14.2 Å². The molecule has 1 amide bonds. The van der Waals surface area contributed by atoms with Crippen LogP contribution in [0.3, 0.4) is 0 Å². The monoisotopic (exact) mass is 378 g/mol. The number of carbonyl (C=O) groups excluding carboxylic acids is 1. The summed E-state index contributed by atoms with van der Waals surface area (Å²) in [6, 6.07) is 16.1. The van der Waals surface area contributed by atoms with Gasteiger partial charge in [0.2, 0.25) is 11.9 Å². The highest BCUT2D eigenvalue weighted by Gasteiger charge is 2.12. The Balaban J connectivity index is 1.84. The molecule has 1 heterocycles. The van der Waals surface area contributed by atoms with Gasteiger partial charge in [0.1, 0.15) is 12.3 Å². The van der Waals surface area contributed by atoms with Crippen LogP contribution in [0.4, 0.5) is 17.3 Å². The van der Waals surface area contributed by atoms with E-state index >= 15 is 0 Å². The average Bonchev–Trinajstić information content (AvgIpc) is 2.64. The predicted molar refractivity (Wildman–Crippen MR) is 109 cm³/mol. The summed E-state index contributed by atoms with van der Waals surface area (Å²) in [7, 11) is 1.56. The van der Waals surface area contributed by atoms with Crippen molar-refractivity contribution in [3.05, 3.63) is 76.2 Å². The molecule has 0 aliphatic heterocycles. The molecule has 3 rings (SSSR count). The van der Waals surface area contributed by atoms with Gasteiger partial charge in [0.05, 0.1) is 7.11 Å². The van der Waals surface area contributed by atoms with Gasteiger partial charge in [-0.15, -0.1) is 0 Å². The lowest BCUT2D eigenvalue weighted by atomic mass is 10.2. The fourth-order valence-corrected chi connectivity index (χ4v) is 2.77. The molecular weight excluding hydrogens is 356 g/mol. The summed E-state index contributed by atoms with van der Waals surface area (Å²) in [5.41, 5.74) is 2.72. The standard InChI is InChI=1S/C21H22N4O3/c1-14-6-4-7-16(10-14)24-21-22-15(2)11-20(27)25(21)13-19(26)23-17-8-5-9-18(12-17)28-3/h4-12H,13H2,1-3H3,(H,22,24)(H,23,26). The first-order chi connectivity index (χ1) is 13.4. The number of carbonyl (C=O) groups is 1. The second-order valence-electron chi connectivity index (χ2n) is 6.42. The van der Waals surface area contributed by atoms with E-state index in [2.05, 4.69) is 15.6 Å². The molecule has 3 aromatic rings. The Kier molecular flexibility index (Phi) is 5.74. The van der Waals surface area contributed by atoms with Crippen LogP contribution in [0.15, 0.2) is 59.4 Å². The van der Waals surface area contributed by atoms with Gasteiger partial charge in [-0.2, -0.15) is 0 Å². The van der Waals surface area contributed by atoms with Gasteiger partial charge in [0.25, 0.3) is 5.56 Å². The van der Waals surface area contributed by atoms with Crippen LogP contribution in [0, 0.1) is 13.8 Å². The van der Waals surface area contributed by atoms with Gasteiger partial charge in [0.15, 0.2) is 0 Å². The Morgan fingerprint density at radius 2 is 1.82 bits per heavy atom. The molecule has 7 nitrogen and oxygen atoms in total. The summed E-state index contributed by atoms with van der Waals surface area (Å²) < 4.78 is 6.47. The van der Waals surface area contributed by atoms with Crippen LogP contribution >= 0.6 is 0 Å². The third kappa shape index (κ3) is 4.76. The van der Waals surface area contributed by atoms with Crippen molar-refractivity contribution < 1.29 is 9.53 Å². The summed E-state index contributed by atoms with van der Waals surface area (Å²) in [6.07, 6.45) is 0. The van der Waals surface area contributed by atoms with Gasteiger partial charge in [-0.1, -0.05) is 18.2 Å². The molecule has 0 radical (unpaired) electrons. The van der Waals surface area contributed by atoms with Crippen molar-refractivity contribution in [2.75, 3.05) is 17.7 Å². The number of ether oxygens (including phenoxy) is 1. The van der Waals surface area contributed by atoms with E-state index in [9.17, 15) is 9.59 Å². The Labute approximate surface area is 163 Å². The van der Waals surface area contributed by atoms with Gasteiger partial charge in [-0.25, -0.2) is 4.98 Å². The van der Waals surface area contributed by atoms with E-state index in [1.165, 1.54) is 10.6 Å². The third-order valence-corrected chi connectivity index (χ3v) is 4.07. The van der Waals surface area contributed by atoms with E-state index in [0.717, 1.165) is 11.3 Å². The SMILES string of the molecule is COc1cccc(NC(=O)Cn2c(Nc3cccc(C)c3)nc(C)cc2=O)c1. The lowest BCUT2D eigenvalue weighted by Crippen LogP contribution is -2.30. The fourth-order valence-electron chi connectivity index (χ4n) is 2.77. The largest absolute Gasteiger partial charge is 0.497 e. The number of aromatic nitrogens is 2. The van der Waals surface area contributed by atoms with Crippen molar-refractivity contribution in [2.24, 2.45) is 0 Å². The highest BCUT2D eigenvalue weighted by atomic mass is 16.5. The molecule has 2 N–H and O–H groups in total. The third-order valence-electron chi connectivity index (χ3n) is 4.07. The molecule has 0 aliphatic rings. The molecule has 0 saturated heterocycles. The molecule has 0 aliphatic carbocycles. The van der Waals surface area contributed by atoms with Gasteiger partial charge in [-0.05, 0) is 43.7 Å². The topological polar surface area (TPSA) is 85.2 Å². The molecule has 2 aromatic carbocycles. The summed E-state index contributed by atoms with van der Waals surface area (Å²) >= 11 is 0. The maximum Gasteiger partial charge on any atom is 0.255 e. The van der Waals surface area contributed by atoms with Crippen LogP contribution in [-0.4, -0.2) is 22.6 Å². The number of hydrogen-bond donors (Lipinski definition) is 2. The number of methoxy groups -OCH3 is 1. The van der Waals surface area contributed by atoms with E-state index in [0.29, 0.717) is 23.1 Å². The molecular formula is C21H22N4O3. The Bertz CT molecular complexity index is 1060. The normalized spacial score (nSPS) is 10.4. The minimum atomic E-state index is -0.340. The first-order valence-corrected chi connectivity index (χ1v) is 8.80. The highest BCUT2D eigenvalue weighted by molar-refractivity contribution is 5.91. The van der Waals surface area contributed by atoms with Crippen LogP contribution in [0.1, 0.15) is 11.3 Å². The molecule has 28 heavy (non-hydrogen) atoms. The first-order valence-electron chi connectivity index (χ1n) is 8.80.